The summed E-state index contributed by atoms with van der Waals surface area (Å²) in [5.74, 6) is 0.787. The standard InChI is InChI=1S/C17H24N2O4/c20-11-14-12-22-9-8-19(14)17(21)18-13-4-3-7-16(10-13)23-15-5-1-2-6-15/h3-4,7,10,14-15,20H,1-2,5-6,8-9,11-12H2,(H,18,21)/t14-/m1/s1. The van der Waals surface area contributed by atoms with Gasteiger partial charge in [0.25, 0.3) is 0 Å². The van der Waals surface area contributed by atoms with Crippen molar-refractivity contribution in [2.24, 2.45) is 0 Å². The molecule has 6 nitrogen and oxygen atoms in total. The molecule has 1 heterocycles. The number of hydrogen-bond acceptors (Lipinski definition) is 4. The minimum Gasteiger partial charge on any atom is -0.490 e. The second-order valence-electron chi connectivity index (χ2n) is 6.09. The van der Waals surface area contributed by atoms with E-state index < -0.39 is 0 Å². The third-order valence-electron chi connectivity index (χ3n) is 4.39. The summed E-state index contributed by atoms with van der Waals surface area (Å²) in [7, 11) is 0. The van der Waals surface area contributed by atoms with Gasteiger partial charge in [-0.1, -0.05) is 6.07 Å². The Morgan fingerprint density at radius 3 is 3.00 bits per heavy atom. The lowest BCUT2D eigenvalue weighted by Gasteiger charge is -2.34. The molecule has 1 aliphatic heterocycles. The van der Waals surface area contributed by atoms with Gasteiger partial charge in [0, 0.05) is 18.3 Å². The van der Waals surface area contributed by atoms with E-state index in [0.717, 1.165) is 18.6 Å². The van der Waals surface area contributed by atoms with Gasteiger partial charge in [-0.2, -0.15) is 0 Å². The number of ether oxygens (including phenoxy) is 2. The zero-order valence-electron chi connectivity index (χ0n) is 13.2. The van der Waals surface area contributed by atoms with Crippen LogP contribution in [0.4, 0.5) is 10.5 Å². The number of urea groups is 1. The summed E-state index contributed by atoms with van der Waals surface area (Å²) in [6, 6.07) is 6.98. The normalized spacial score (nSPS) is 22.1. The molecule has 0 bridgehead atoms. The zero-order chi connectivity index (χ0) is 16.1. The number of benzene rings is 1. The van der Waals surface area contributed by atoms with Crippen LogP contribution < -0.4 is 10.1 Å². The van der Waals surface area contributed by atoms with Crippen LogP contribution >= 0.6 is 0 Å². The predicted octanol–water partition coefficient (Wildman–Crippen LogP) is 2.23. The lowest BCUT2D eigenvalue weighted by molar-refractivity contribution is -0.00485. The monoisotopic (exact) mass is 320 g/mol. The fraction of sp³-hybridized carbons (Fsp3) is 0.588. The number of aliphatic hydroxyl groups is 1. The molecule has 126 valence electrons. The zero-order valence-corrected chi connectivity index (χ0v) is 13.2. The largest absolute Gasteiger partial charge is 0.490 e. The summed E-state index contributed by atoms with van der Waals surface area (Å²) in [5, 5.41) is 12.2. The van der Waals surface area contributed by atoms with E-state index in [-0.39, 0.29) is 18.7 Å². The predicted molar refractivity (Wildman–Crippen MR) is 86.7 cm³/mol. The Morgan fingerprint density at radius 2 is 2.22 bits per heavy atom. The average Bonchev–Trinajstić information content (AvgIpc) is 3.08. The highest BCUT2D eigenvalue weighted by Crippen LogP contribution is 2.26. The Balaban J connectivity index is 1.61. The van der Waals surface area contributed by atoms with E-state index in [4.69, 9.17) is 9.47 Å². The summed E-state index contributed by atoms with van der Waals surface area (Å²) in [5.41, 5.74) is 0.702. The number of rotatable bonds is 4. The first-order valence-corrected chi connectivity index (χ1v) is 8.29. The summed E-state index contributed by atoms with van der Waals surface area (Å²) < 4.78 is 11.3. The molecule has 2 amide bonds. The molecule has 1 saturated heterocycles. The molecular formula is C17H24N2O4. The van der Waals surface area contributed by atoms with Crippen molar-refractivity contribution in [3.05, 3.63) is 24.3 Å². The molecule has 1 saturated carbocycles. The number of amides is 2. The molecular weight excluding hydrogens is 296 g/mol. The fourth-order valence-corrected chi connectivity index (χ4v) is 3.11. The third kappa shape index (κ3) is 4.14. The van der Waals surface area contributed by atoms with Crippen LogP contribution in [-0.4, -0.2) is 54.5 Å². The molecule has 0 radical (unpaired) electrons. The molecule has 1 aromatic rings. The highest BCUT2D eigenvalue weighted by Gasteiger charge is 2.26. The van der Waals surface area contributed by atoms with E-state index in [1.54, 1.807) is 4.90 Å². The maximum absolute atomic E-state index is 12.4. The van der Waals surface area contributed by atoms with Crippen molar-refractivity contribution in [3.8, 4) is 5.75 Å². The van der Waals surface area contributed by atoms with Gasteiger partial charge in [0.1, 0.15) is 5.75 Å². The maximum Gasteiger partial charge on any atom is 0.322 e. The van der Waals surface area contributed by atoms with Crippen molar-refractivity contribution in [2.75, 3.05) is 31.7 Å². The van der Waals surface area contributed by atoms with Gasteiger partial charge >= 0.3 is 6.03 Å². The van der Waals surface area contributed by atoms with E-state index in [1.807, 2.05) is 24.3 Å². The maximum atomic E-state index is 12.4. The van der Waals surface area contributed by atoms with E-state index in [1.165, 1.54) is 12.8 Å². The number of carbonyl (C=O) groups excluding carboxylic acids is 1. The molecule has 1 atom stereocenters. The number of nitrogens with one attached hydrogen (secondary N) is 1. The lowest BCUT2D eigenvalue weighted by atomic mass is 10.2. The number of carbonyl (C=O) groups is 1. The van der Waals surface area contributed by atoms with Gasteiger partial charge in [0.15, 0.2) is 0 Å². The van der Waals surface area contributed by atoms with Gasteiger partial charge in [0.2, 0.25) is 0 Å². The fourth-order valence-electron chi connectivity index (χ4n) is 3.11. The molecule has 1 aliphatic carbocycles. The van der Waals surface area contributed by atoms with Crippen LogP contribution in [-0.2, 0) is 4.74 Å². The molecule has 1 aromatic carbocycles. The molecule has 3 rings (SSSR count). The first-order chi connectivity index (χ1) is 11.3. The smallest absolute Gasteiger partial charge is 0.322 e. The van der Waals surface area contributed by atoms with E-state index in [2.05, 4.69) is 5.32 Å². The Kier molecular flexibility index (Phi) is 5.35. The number of aliphatic hydroxyl groups excluding tert-OH is 1. The average molecular weight is 320 g/mol. The molecule has 23 heavy (non-hydrogen) atoms. The van der Waals surface area contributed by atoms with E-state index in [9.17, 15) is 9.90 Å². The van der Waals surface area contributed by atoms with E-state index >= 15 is 0 Å². The Bertz CT molecular complexity index is 531. The molecule has 0 unspecified atom stereocenters. The van der Waals surface area contributed by atoms with Crippen molar-refractivity contribution in [2.45, 2.75) is 37.8 Å². The van der Waals surface area contributed by atoms with Crippen LogP contribution in [0.15, 0.2) is 24.3 Å². The van der Waals surface area contributed by atoms with Crippen LogP contribution in [0.5, 0.6) is 5.75 Å². The van der Waals surface area contributed by atoms with Crippen LogP contribution in [0, 0.1) is 0 Å². The van der Waals surface area contributed by atoms with Crippen LogP contribution in [0.1, 0.15) is 25.7 Å². The van der Waals surface area contributed by atoms with Crippen molar-refractivity contribution in [3.63, 3.8) is 0 Å². The van der Waals surface area contributed by atoms with Crippen LogP contribution in [0.25, 0.3) is 0 Å². The molecule has 2 N–H and O–H groups in total. The minimum atomic E-state index is -0.290. The van der Waals surface area contributed by atoms with Gasteiger partial charge in [-0.05, 0) is 37.8 Å². The van der Waals surface area contributed by atoms with E-state index in [0.29, 0.717) is 31.5 Å². The first kappa shape index (κ1) is 16.1. The lowest BCUT2D eigenvalue weighted by Crippen LogP contribution is -2.52. The van der Waals surface area contributed by atoms with Crippen molar-refractivity contribution in [1.29, 1.82) is 0 Å². The second kappa shape index (κ2) is 7.66. The quantitative estimate of drug-likeness (QED) is 0.892. The van der Waals surface area contributed by atoms with Gasteiger partial charge < -0.3 is 24.8 Å². The van der Waals surface area contributed by atoms with Gasteiger partial charge in [-0.25, -0.2) is 4.79 Å². The second-order valence-corrected chi connectivity index (χ2v) is 6.09. The Hall–Kier alpha value is -1.79. The molecule has 2 fully saturated rings. The molecule has 0 aromatic heterocycles. The Morgan fingerprint density at radius 1 is 1.39 bits per heavy atom. The highest BCUT2D eigenvalue weighted by atomic mass is 16.5. The summed E-state index contributed by atoms with van der Waals surface area (Å²) in [4.78, 5) is 14.0. The highest BCUT2D eigenvalue weighted by molar-refractivity contribution is 5.89. The number of morpholine rings is 1. The van der Waals surface area contributed by atoms with Crippen molar-refractivity contribution in [1.82, 2.24) is 4.90 Å². The van der Waals surface area contributed by atoms with Crippen molar-refractivity contribution >= 4 is 11.7 Å². The molecule has 0 spiro atoms. The topological polar surface area (TPSA) is 71.0 Å². The number of hydrogen-bond donors (Lipinski definition) is 2. The third-order valence-corrected chi connectivity index (χ3v) is 4.39. The molecule has 6 heteroatoms. The van der Waals surface area contributed by atoms with Crippen LogP contribution in [0.3, 0.4) is 0 Å². The molecule has 2 aliphatic rings. The summed E-state index contributed by atoms with van der Waals surface area (Å²) in [6.07, 6.45) is 4.94. The summed E-state index contributed by atoms with van der Waals surface area (Å²) >= 11 is 0. The van der Waals surface area contributed by atoms with Crippen molar-refractivity contribution < 1.29 is 19.4 Å². The number of nitrogens with zero attached hydrogens (tertiary/aromatic N) is 1. The minimum absolute atomic E-state index is 0.0990. The van der Waals surface area contributed by atoms with Gasteiger partial charge in [-0.3, -0.25) is 0 Å². The first-order valence-electron chi connectivity index (χ1n) is 8.29. The van der Waals surface area contributed by atoms with Gasteiger partial charge in [0.05, 0.1) is 32.0 Å². The summed E-state index contributed by atoms with van der Waals surface area (Å²) in [6.45, 7) is 1.25. The van der Waals surface area contributed by atoms with Gasteiger partial charge in [-0.15, -0.1) is 0 Å². The SMILES string of the molecule is O=C(Nc1cccc(OC2CCCC2)c1)N1CCOC[C@H]1CO. The Labute approximate surface area is 136 Å². The number of anilines is 1. The van der Waals surface area contributed by atoms with Crippen LogP contribution in [0.2, 0.25) is 0 Å².